The van der Waals surface area contributed by atoms with Crippen molar-refractivity contribution < 1.29 is 12.8 Å². The van der Waals surface area contributed by atoms with Crippen LogP contribution in [0.25, 0.3) is 0 Å². The van der Waals surface area contributed by atoms with Crippen LogP contribution in [0.15, 0.2) is 21.6 Å². The maximum absolute atomic E-state index is 11.9. The maximum atomic E-state index is 11.9. The molecule has 1 aliphatic rings. The fourth-order valence-electron chi connectivity index (χ4n) is 2.40. The summed E-state index contributed by atoms with van der Waals surface area (Å²) >= 11 is 0. The minimum absolute atomic E-state index is 0.000306. The zero-order valence-electron chi connectivity index (χ0n) is 12.8. The molecular weight excluding hydrogens is 290 g/mol. The second kappa shape index (κ2) is 7.40. The predicted octanol–water partition coefficient (Wildman–Crippen LogP) is 1.11. The third-order valence-electron chi connectivity index (χ3n) is 3.72. The van der Waals surface area contributed by atoms with Gasteiger partial charge in [-0.05, 0) is 38.1 Å². The normalized spacial score (nSPS) is 17.5. The van der Waals surface area contributed by atoms with Crippen molar-refractivity contribution in [3.8, 4) is 0 Å². The number of piperidine rings is 1. The fourth-order valence-corrected chi connectivity index (χ4v) is 3.22. The molecule has 0 radical (unpaired) electrons. The molecule has 0 spiro atoms. The molecule has 6 nitrogen and oxygen atoms in total. The van der Waals surface area contributed by atoms with Crippen molar-refractivity contribution in [1.82, 2.24) is 14.5 Å². The SMILES string of the molecule is CN(C)S(=O)(=O)c1ccc(CNCCN2CCCCC2)o1. The lowest BCUT2D eigenvalue weighted by atomic mass is 10.1. The Hall–Kier alpha value is -0.890. The smallest absolute Gasteiger partial charge is 0.275 e. The van der Waals surface area contributed by atoms with E-state index in [1.165, 1.54) is 52.5 Å². The first kappa shape index (κ1) is 16.5. The first-order valence-electron chi connectivity index (χ1n) is 7.44. The Morgan fingerprint density at radius 3 is 2.62 bits per heavy atom. The lowest BCUT2D eigenvalue weighted by Gasteiger charge is -2.26. The van der Waals surface area contributed by atoms with Crippen molar-refractivity contribution in [2.75, 3.05) is 40.3 Å². The van der Waals surface area contributed by atoms with Gasteiger partial charge >= 0.3 is 0 Å². The predicted molar refractivity (Wildman–Crippen MR) is 81.6 cm³/mol. The van der Waals surface area contributed by atoms with Crippen LogP contribution in [-0.2, 0) is 16.6 Å². The van der Waals surface area contributed by atoms with Crippen molar-refractivity contribution >= 4 is 10.0 Å². The molecule has 0 unspecified atom stereocenters. The van der Waals surface area contributed by atoms with Crippen LogP contribution in [0.2, 0.25) is 0 Å². The van der Waals surface area contributed by atoms with Gasteiger partial charge in [0, 0.05) is 27.2 Å². The van der Waals surface area contributed by atoms with Crippen LogP contribution in [-0.4, -0.2) is 57.9 Å². The Labute approximate surface area is 127 Å². The van der Waals surface area contributed by atoms with Crippen molar-refractivity contribution in [1.29, 1.82) is 0 Å². The van der Waals surface area contributed by atoms with Crippen LogP contribution in [0, 0.1) is 0 Å². The van der Waals surface area contributed by atoms with Crippen LogP contribution in [0.1, 0.15) is 25.0 Å². The molecule has 0 aromatic carbocycles. The molecule has 0 saturated carbocycles. The Kier molecular flexibility index (Phi) is 5.80. The fraction of sp³-hybridized carbons (Fsp3) is 0.714. The molecule has 7 heteroatoms. The van der Waals surface area contributed by atoms with E-state index in [4.69, 9.17) is 4.42 Å². The second-order valence-corrected chi connectivity index (χ2v) is 7.67. The summed E-state index contributed by atoms with van der Waals surface area (Å²) in [5.41, 5.74) is 0. The molecule has 0 amide bonds. The number of likely N-dealkylation sites (tertiary alicyclic amines) is 1. The molecule has 0 atom stereocenters. The first-order chi connectivity index (χ1) is 10.00. The summed E-state index contributed by atoms with van der Waals surface area (Å²) in [7, 11) is -0.484. The highest BCUT2D eigenvalue weighted by Gasteiger charge is 2.21. The Balaban J connectivity index is 1.75. The summed E-state index contributed by atoms with van der Waals surface area (Å²) < 4.78 is 30.3. The number of sulfonamides is 1. The molecule has 1 N–H and O–H groups in total. The number of rotatable bonds is 7. The summed E-state index contributed by atoms with van der Waals surface area (Å²) in [6.45, 7) is 4.85. The molecule has 1 saturated heterocycles. The maximum Gasteiger partial charge on any atom is 0.275 e. The van der Waals surface area contributed by atoms with E-state index in [9.17, 15) is 8.42 Å². The van der Waals surface area contributed by atoms with Crippen LogP contribution >= 0.6 is 0 Å². The zero-order chi connectivity index (χ0) is 15.3. The van der Waals surface area contributed by atoms with E-state index in [0.717, 1.165) is 17.4 Å². The quantitative estimate of drug-likeness (QED) is 0.764. The van der Waals surface area contributed by atoms with Crippen LogP contribution in [0.3, 0.4) is 0 Å². The Morgan fingerprint density at radius 1 is 1.24 bits per heavy atom. The number of nitrogens with zero attached hydrogens (tertiary/aromatic N) is 2. The highest BCUT2D eigenvalue weighted by Crippen LogP contribution is 2.16. The van der Waals surface area contributed by atoms with Gasteiger partial charge in [0.1, 0.15) is 5.76 Å². The lowest BCUT2D eigenvalue weighted by molar-refractivity contribution is 0.228. The van der Waals surface area contributed by atoms with Gasteiger partial charge in [0.25, 0.3) is 10.0 Å². The Bertz CT molecular complexity index is 533. The van der Waals surface area contributed by atoms with Gasteiger partial charge in [-0.3, -0.25) is 0 Å². The van der Waals surface area contributed by atoms with E-state index in [2.05, 4.69) is 10.2 Å². The minimum atomic E-state index is -3.47. The van der Waals surface area contributed by atoms with Crippen molar-refractivity contribution in [3.05, 3.63) is 17.9 Å². The lowest BCUT2D eigenvalue weighted by Crippen LogP contribution is -2.35. The van der Waals surface area contributed by atoms with Gasteiger partial charge in [-0.25, -0.2) is 12.7 Å². The average Bonchev–Trinajstić information content (AvgIpc) is 2.94. The highest BCUT2D eigenvalue weighted by atomic mass is 32.2. The molecule has 1 fully saturated rings. The van der Waals surface area contributed by atoms with E-state index in [-0.39, 0.29) is 5.09 Å². The monoisotopic (exact) mass is 315 g/mol. The van der Waals surface area contributed by atoms with Gasteiger partial charge in [-0.15, -0.1) is 0 Å². The topological polar surface area (TPSA) is 65.8 Å². The van der Waals surface area contributed by atoms with Crippen molar-refractivity contribution in [3.63, 3.8) is 0 Å². The molecule has 120 valence electrons. The zero-order valence-corrected chi connectivity index (χ0v) is 13.7. The van der Waals surface area contributed by atoms with Gasteiger partial charge in [0.2, 0.25) is 5.09 Å². The molecule has 21 heavy (non-hydrogen) atoms. The van der Waals surface area contributed by atoms with E-state index >= 15 is 0 Å². The molecule has 1 aliphatic heterocycles. The summed E-state index contributed by atoms with van der Waals surface area (Å²) in [4.78, 5) is 2.46. The molecule has 0 bridgehead atoms. The molecule has 0 aliphatic carbocycles. The Morgan fingerprint density at radius 2 is 1.95 bits per heavy atom. The number of nitrogens with one attached hydrogen (secondary N) is 1. The number of furan rings is 1. The average molecular weight is 315 g/mol. The number of hydrogen-bond donors (Lipinski definition) is 1. The van der Waals surface area contributed by atoms with Gasteiger partial charge in [0.15, 0.2) is 0 Å². The summed E-state index contributed by atoms with van der Waals surface area (Å²) in [6, 6.07) is 3.22. The van der Waals surface area contributed by atoms with E-state index in [0.29, 0.717) is 12.3 Å². The summed E-state index contributed by atoms with van der Waals surface area (Å²) in [6.07, 6.45) is 3.94. The summed E-state index contributed by atoms with van der Waals surface area (Å²) in [5.74, 6) is 0.647. The van der Waals surface area contributed by atoms with Crippen LogP contribution in [0.4, 0.5) is 0 Å². The van der Waals surface area contributed by atoms with Gasteiger partial charge < -0.3 is 14.6 Å². The third kappa shape index (κ3) is 4.54. The largest absolute Gasteiger partial charge is 0.447 e. The third-order valence-corrected chi connectivity index (χ3v) is 5.41. The molecule has 2 heterocycles. The minimum Gasteiger partial charge on any atom is -0.447 e. The highest BCUT2D eigenvalue weighted by molar-refractivity contribution is 7.88. The van der Waals surface area contributed by atoms with Gasteiger partial charge in [-0.1, -0.05) is 6.42 Å². The second-order valence-electron chi connectivity index (χ2n) is 5.59. The van der Waals surface area contributed by atoms with Gasteiger partial charge in [-0.2, -0.15) is 0 Å². The van der Waals surface area contributed by atoms with E-state index < -0.39 is 10.0 Å². The van der Waals surface area contributed by atoms with Gasteiger partial charge in [0.05, 0.1) is 6.54 Å². The molecular formula is C14H25N3O3S. The molecule has 1 aromatic heterocycles. The number of hydrogen-bond acceptors (Lipinski definition) is 5. The molecule has 1 aromatic rings. The summed E-state index contributed by atoms with van der Waals surface area (Å²) in [5, 5.41) is 3.30. The van der Waals surface area contributed by atoms with Crippen molar-refractivity contribution in [2.45, 2.75) is 30.9 Å². The van der Waals surface area contributed by atoms with E-state index in [1.54, 1.807) is 6.07 Å². The molecule has 2 rings (SSSR count). The van der Waals surface area contributed by atoms with Crippen LogP contribution < -0.4 is 5.32 Å². The van der Waals surface area contributed by atoms with Crippen LogP contribution in [0.5, 0.6) is 0 Å². The standard InChI is InChI=1S/C14H25N3O3S/c1-16(2)21(18,19)14-7-6-13(20-14)12-15-8-11-17-9-4-3-5-10-17/h6-7,15H,3-5,8-12H2,1-2H3. The first-order valence-corrected chi connectivity index (χ1v) is 8.88. The van der Waals surface area contributed by atoms with Crippen molar-refractivity contribution in [2.24, 2.45) is 0 Å². The van der Waals surface area contributed by atoms with E-state index in [1.807, 2.05) is 0 Å².